The fourth-order valence-corrected chi connectivity index (χ4v) is 6.39. The van der Waals surface area contributed by atoms with Crippen LogP contribution < -0.4 is 11.5 Å². The van der Waals surface area contributed by atoms with Gasteiger partial charge in [-0.05, 0) is 76.5 Å². The van der Waals surface area contributed by atoms with Crippen molar-refractivity contribution in [2.45, 2.75) is 9.79 Å². The molecule has 0 atom stereocenters. The van der Waals surface area contributed by atoms with Gasteiger partial charge in [-0.2, -0.15) is 16.8 Å². The van der Waals surface area contributed by atoms with Gasteiger partial charge in [0.25, 0.3) is 20.2 Å². The minimum absolute atomic E-state index is 0. The van der Waals surface area contributed by atoms with E-state index in [1.165, 1.54) is 60.7 Å². The summed E-state index contributed by atoms with van der Waals surface area (Å²) in [4.78, 5) is -1.18. The molecule has 6 aromatic carbocycles. The van der Waals surface area contributed by atoms with E-state index in [0.29, 0.717) is 11.1 Å². The molecule has 0 heterocycles. The number of phenolic OH excluding ortho intramolecular Hbond substituents is 4. The summed E-state index contributed by atoms with van der Waals surface area (Å²) in [5.41, 5.74) is 11.9. The molecule has 0 spiro atoms. The number of nitrogens with zero attached hydrogens (tertiary/aromatic N) is 4. The van der Waals surface area contributed by atoms with Crippen molar-refractivity contribution >= 4 is 97.1 Å². The number of hydrogen-bond acceptors (Lipinski definition) is 20. The number of nitrogen functional groups attached to an aromatic ring is 2. The number of rotatable bonds is 7. The molecule has 22 nitrogen and oxygen atoms in total. The molecule has 0 fully saturated rings. The van der Waals surface area contributed by atoms with Crippen LogP contribution in [0.15, 0.2) is 115 Å². The van der Waals surface area contributed by atoms with Gasteiger partial charge in [-0.1, -0.05) is 30.3 Å². The van der Waals surface area contributed by atoms with Crippen molar-refractivity contribution in [1.82, 2.24) is 0 Å². The Hall–Kier alpha value is -6.06. The van der Waals surface area contributed by atoms with Gasteiger partial charge in [0.2, 0.25) is 0 Å². The number of fused-ring (bicyclic) bond motifs is 2. The van der Waals surface area contributed by atoms with Crippen LogP contribution in [-0.2, 0) is 75.6 Å². The zero-order chi connectivity index (χ0) is 43.3. The quantitative estimate of drug-likeness (QED) is 0.0453. The molecule has 324 valence electrons. The van der Waals surface area contributed by atoms with Crippen molar-refractivity contribution in [1.29, 1.82) is 0 Å². The Bertz CT molecular complexity index is 3130. The third kappa shape index (κ3) is 12.2. The maximum absolute atomic E-state index is 12.1. The number of nitrogens with two attached hydrogens (primary N) is 2. The average Bonchev–Trinajstić information content (AvgIpc) is 3.10. The van der Waals surface area contributed by atoms with E-state index >= 15 is 0 Å². The van der Waals surface area contributed by atoms with Crippen molar-refractivity contribution in [2.75, 3.05) is 11.5 Å². The maximum atomic E-state index is 12.1. The van der Waals surface area contributed by atoms with E-state index in [0.717, 1.165) is 18.2 Å². The van der Waals surface area contributed by atoms with Crippen LogP contribution in [0, 0.1) is 0 Å². The van der Waals surface area contributed by atoms with Crippen molar-refractivity contribution in [3.05, 3.63) is 84.9 Å². The maximum Gasteiger partial charge on any atom is 0.425 e. The number of aromatic hydroxyl groups is 4. The van der Waals surface area contributed by atoms with Gasteiger partial charge in [-0.15, -0.1) is 45.7 Å². The molecule has 28 heteroatoms. The van der Waals surface area contributed by atoms with Gasteiger partial charge >= 0.3 is 21.2 Å². The predicted molar refractivity (Wildman–Crippen MR) is 203 cm³/mol. The van der Waals surface area contributed by atoms with Gasteiger partial charge in [0, 0.05) is 56.3 Å². The predicted octanol–water partition coefficient (Wildman–Crippen LogP) is 4.96. The minimum Gasteiger partial charge on any atom is -0.506 e. The van der Waals surface area contributed by atoms with E-state index in [4.69, 9.17) is 36.7 Å². The number of benzene rings is 6. The summed E-state index contributed by atoms with van der Waals surface area (Å²) in [6.45, 7) is 0. The van der Waals surface area contributed by atoms with Gasteiger partial charge in [-0.25, -0.2) is 0 Å². The Morgan fingerprint density at radius 3 is 1.43 bits per heavy atom. The fourth-order valence-electron chi connectivity index (χ4n) is 5.18. The van der Waals surface area contributed by atoms with Crippen LogP contribution in [0.4, 0.5) is 34.1 Å². The fraction of sp³-hybridized carbons (Fsp3) is 0. The summed E-state index contributed by atoms with van der Waals surface area (Å²) in [7, 11) is -15.6. The topological polar surface area (TPSA) is 394 Å². The van der Waals surface area contributed by atoms with E-state index in [9.17, 15) is 46.4 Å². The molecule has 0 saturated heterocycles. The largest absolute Gasteiger partial charge is 0.506 e. The second-order valence-corrected chi connectivity index (χ2v) is 14.9. The third-order valence-electron chi connectivity index (χ3n) is 7.57. The Balaban J connectivity index is 0.00000114. The number of hydrogen-bond donors (Lipinski definition) is 8. The molecule has 0 aromatic heterocycles. The van der Waals surface area contributed by atoms with Crippen LogP contribution in [0.2, 0.25) is 0 Å². The zero-order valence-electron chi connectivity index (χ0n) is 29.0. The molecule has 0 aliphatic carbocycles. The number of phenols is 4. The summed E-state index contributed by atoms with van der Waals surface area (Å²) in [6, 6.07) is 18.9. The molecule has 0 saturated carbocycles. The number of azo groups is 2. The zero-order valence-corrected chi connectivity index (χ0v) is 34.2. The first kappa shape index (κ1) is 50.1. The number of anilines is 2. The molecular weight excluding hydrogens is 980 g/mol. The van der Waals surface area contributed by atoms with Crippen molar-refractivity contribution in [2.24, 2.45) is 20.5 Å². The molecule has 0 aliphatic heterocycles. The Kier molecular flexibility index (Phi) is 16.9. The standard InChI is InChI=1S/C32H24N6O10S2.2Cu.2O3S/c33-20-3-1-2-17-13-27(50(46,47)48)30(32(42)28(17)20)38-36-23-8-5-16(12-26(23)40)15-4-7-22(25(39)11-15)35-37-24-9-6-18-10-19(49(43,44)45)14-21(34)29(18)31(24)41;;;2*1-4(2)3/h1-14,39-42H,33-34H2,(H,43,44,45)(H,46,47,48);;;;. The molecule has 10 N–H and O–H groups in total. The van der Waals surface area contributed by atoms with Crippen LogP contribution >= 0.6 is 0 Å². The van der Waals surface area contributed by atoms with E-state index in [1.807, 2.05) is 0 Å². The smallest absolute Gasteiger partial charge is 0.425 e. The minimum atomic E-state index is -4.86. The molecule has 60 heavy (non-hydrogen) atoms. The molecule has 0 bridgehead atoms. The van der Waals surface area contributed by atoms with Gasteiger partial charge < -0.3 is 31.9 Å². The van der Waals surface area contributed by atoms with Crippen LogP contribution in [0.1, 0.15) is 0 Å². The molecule has 6 aromatic rings. The second kappa shape index (κ2) is 20.3. The summed E-state index contributed by atoms with van der Waals surface area (Å²) < 4.78 is 117. The second-order valence-electron chi connectivity index (χ2n) is 11.2. The molecular formula is C32H24Cu2N6O16S4. The first-order valence-electron chi connectivity index (χ1n) is 15.1. The summed E-state index contributed by atoms with van der Waals surface area (Å²) >= 11 is 0. The van der Waals surface area contributed by atoms with Gasteiger partial charge in [-0.3, -0.25) is 9.11 Å². The third-order valence-corrected chi connectivity index (χ3v) is 9.26. The first-order valence-corrected chi connectivity index (χ1v) is 19.9. The van der Waals surface area contributed by atoms with Crippen LogP contribution in [0.25, 0.3) is 32.7 Å². The summed E-state index contributed by atoms with van der Waals surface area (Å²) in [6.07, 6.45) is 0. The average molecular weight is 1000 g/mol. The Morgan fingerprint density at radius 1 is 0.500 bits per heavy atom. The van der Waals surface area contributed by atoms with Gasteiger partial charge in [0.05, 0.1) is 4.90 Å². The van der Waals surface area contributed by atoms with E-state index in [-0.39, 0.29) is 89.9 Å². The van der Waals surface area contributed by atoms with Crippen molar-refractivity contribution in [3.8, 4) is 34.1 Å². The molecule has 0 aliphatic rings. The van der Waals surface area contributed by atoms with Crippen LogP contribution in [-0.4, -0.2) is 71.6 Å². The van der Waals surface area contributed by atoms with Crippen LogP contribution in [0.5, 0.6) is 23.0 Å². The van der Waals surface area contributed by atoms with Crippen LogP contribution in [0.3, 0.4) is 0 Å². The van der Waals surface area contributed by atoms with Gasteiger partial charge in [0.1, 0.15) is 39.1 Å². The van der Waals surface area contributed by atoms with Gasteiger partial charge in [0.15, 0.2) is 11.5 Å². The molecule has 0 unspecified atom stereocenters. The van der Waals surface area contributed by atoms with E-state index < -0.39 is 74.2 Å². The summed E-state index contributed by atoms with van der Waals surface area (Å²) in [5.74, 6) is -1.79. The Labute approximate surface area is 361 Å². The first-order chi connectivity index (χ1) is 27.0. The molecule has 0 amide bonds. The van der Waals surface area contributed by atoms with E-state index in [2.05, 4.69) is 20.5 Å². The van der Waals surface area contributed by atoms with Crippen molar-refractivity contribution in [3.63, 3.8) is 0 Å². The normalized spacial score (nSPS) is 11.2. The monoisotopic (exact) mass is 1000 g/mol. The molecule has 6 rings (SSSR count). The summed E-state index contributed by atoms with van der Waals surface area (Å²) in [5, 5.41) is 59.1. The molecule has 2 radical (unpaired) electrons. The SMILES string of the molecule is Nc1cc(S(=O)(=O)O)cc2ccc(N=Nc3ccc(-c4ccc(N=Nc5c(S(=O)(=O)O)cc6cccc(N)c6c5O)c(O)c4)cc3O)c(O)c12.O=S(=O)=O.O=S(=O)=O.[Cu].[Cu]. The van der Waals surface area contributed by atoms with Crippen molar-refractivity contribution < 1.29 is 106 Å². The Morgan fingerprint density at radius 2 is 0.950 bits per heavy atom. The van der Waals surface area contributed by atoms with E-state index in [1.54, 1.807) is 6.07 Å².